The maximum absolute atomic E-state index is 4.92. The van der Waals surface area contributed by atoms with Crippen LogP contribution < -0.4 is 10.2 Å². The van der Waals surface area contributed by atoms with Crippen molar-refractivity contribution in [3.05, 3.63) is 90.5 Å². The molecule has 0 spiro atoms. The molecule has 5 rings (SSSR count). The second-order valence-electron chi connectivity index (χ2n) is 7.74. The van der Waals surface area contributed by atoms with Crippen LogP contribution >= 0.6 is 0 Å². The molecule has 0 radical (unpaired) electrons. The Morgan fingerprint density at radius 2 is 1.45 bits per heavy atom. The van der Waals surface area contributed by atoms with E-state index >= 15 is 0 Å². The van der Waals surface area contributed by atoms with Crippen molar-refractivity contribution in [3.63, 3.8) is 0 Å². The molecule has 4 aromatic rings. The highest BCUT2D eigenvalue weighted by molar-refractivity contribution is 5.78. The molecule has 1 N–H and O–H groups in total. The lowest BCUT2D eigenvalue weighted by Gasteiger charge is -2.34. The molecule has 1 fully saturated rings. The molecule has 1 aliphatic heterocycles. The second-order valence-corrected chi connectivity index (χ2v) is 7.74. The lowest BCUT2D eigenvalue weighted by atomic mass is 10.0. The highest BCUT2D eigenvalue weighted by atomic mass is 15.2. The third-order valence-corrected chi connectivity index (χ3v) is 5.79. The van der Waals surface area contributed by atoms with Crippen molar-refractivity contribution in [1.29, 1.82) is 0 Å². The average molecular weight is 383 g/mol. The van der Waals surface area contributed by atoms with E-state index < -0.39 is 0 Å². The smallest absolute Gasteiger partial charge is 0.204 e. The first-order chi connectivity index (χ1) is 14.4. The molecule has 0 aliphatic carbocycles. The highest BCUT2D eigenvalue weighted by Gasteiger charge is 2.21. The first-order valence-electron chi connectivity index (χ1n) is 10.4. The van der Waals surface area contributed by atoms with Gasteiger partial charge in [-0.3, -0.25) is 0 Å². The Labute approximate surface area is 171 Å². The fourth-order valence-electron chi connectivity index (χ4n) is 4.22. The van der Waals surface area contributed by atoms with Gasteiger partial charge in [0.1, 0.15) is 0 Å². The highest BCUT2D eigenvalue weighted by Crippen LogP contribution is 2.25. The lowest BCUT2D eigenvalue weighted by Crippen LogP contribution is -2.39. The average Bonchev–Trinajstić information content (AvgIpc) is 3.12. The van der Waals surface area contributed by atoms with E-state index in [9.17, 15) is 0 Å². The topological polar surface area (TPSA) is 33.1 Å². The first kappa shape index (κ1) is 17.8. The Morgan fingerprint density at radius 1 is 0.793 bits per heavy atom. The van der Waals surface area contributed by atoms with Gasteiger partial charge in [-0.1, -0.05) is 60.7 Å². The normalized spacial score (nSPS) is 15.0. The van der Waals surface area contributed by atoms with E-state index in [2.05, 4.69) is 99.7 Å². The van der Waals surface area contributed by atoms with Crippen molar-refractivity contribution in [2.45, 2.75) is 25.4 Å². The summed E-state index contributed by atoms with van der Waals surface area (Å²) in [4.78, 5) is 7.40. The minimum Gasteiger partial charge on any atom is -0.371 e. The van der Waals surface area contributed by atoms with Gasteiger partial charge in [-0.05, 0) is 42.7 Å². The molecule has 1 aliphatic rings. The monoisotopic (exact) mass is 382 g/mol. The Bertz CT molecular complexity index is 1060. The first-order valence-corrected chi connectivity index (χ1v) is 10.4. The molecule has 2 heterocycles. The predicted molar refractivity (Wildman–Crippen MR) is 121 cm³/mol. The van der Waals surface area contributed by atoms with Crippen LogP contribution in [0.2, 0.25) is 0 Å². The van der Waals surface area contributed by atoms with Gasteiger partial charge in [0.2, 0.25) is 5.95 Å². The molecular formula is C25H26N4. The van der Waals surface area contributed by atoms with Crippen LogP contribution in [0.5, 0.6) is 0 Å². The maximum atomic E-state index is 4.92. The summed E-state index contributed by atoms with van der Waals surface area (Å²) >= 11 is 0. The van der Waals surface area contributed by atoms with Gasteiger partial charge in [-0.2, -0.15) is 0 Å². The van der Waals surface area contributed by atoms with Gasteiger partial charge in [0.15, 0.2) is 0 Å². The van der Waals surface area contributed by atoms with Crippen LogP contribution in [0.3, 0.4) is 0 Å². The van der Waals surface area contributed by atoms with Gasteiger partial charge in [0, 0.05) is 24.8 Å². The number of para-hydroxylation sites is 3. The molecule has 3 aromatic carbocycles. The summed E-state index contributed by atoms with van der Waals surface area (Å²) in [5.41, 5.74) is 4.84. The van der Waals surface area contributed by atoms with E-state index in [4.69, 9.17) is 4.98 Å². The number of aromatic nitrogens is 2. The number of piperidine rings is 1. The Kier molecular flexibility index (Phi) is 4.91. The van der Waals surface area contributed by atoms with Crippen LogP contribution in [0, 0.1) is 0 Å². The fraction of sp³-hybridized carbons (Fsp3) is 0.240. The molecule has 29 heavy (non-hydrogen) atoms. The van der Waals surface area contributed by atoms with Crippen LogP contribution in [0.15, 0.2) is 84.9 Å². The van der Waals surface area contributed by atoms with Crippen molar-refractivity contribution in [1.82, 2.24) is 9.55 Å². The second kappa shape index (κ2) is 8.00. The minimum absolute atomic E-state index is 0.446. The van der Waals surface area contributed by atoms with Gasteiger partial charge >= 0.3 is 0 Å². The molecule has 4 nitrogen and oxygen atoms in total. The van der Waals surface area contributed by atoms with Gasteiger partial charge in [-0.25, -0.2) is 4.98 Å². The van der Waals surface area contributed by atoms with E-state index in [-0.39, 0.29) is 0 Å². The maximum Gasteiger partial charge on any atom is 0.204 e. The zero-order valence-corrected chi connectivity index (χ0v) is 16.5. The number of hydrogen-bond donors (Lipinski definition) is 1. The summed E-state index contributed by atoms with van der Waals surface area (Å²) in [7, 11) is 0. The molecule has 1 saturated heterocycles. The zero-order chi connectivity index (χ0) is 19.5. The quantitative estimate of drug-likeness (QED) is 0.517. The molecule has 0 atom stereocenters. The minimum atomic E-state index is 0.446. The summed E-state index contributed by atoms with van der Waals surface area (Å²) in [5.74, 6) is 0.980. The van der Waals surface area contributed by atoms with Crippen molar-refractivity contribution in [2.75, 3.05) is 23.3 Å². The number of nitrogens with zero attached hydrogens (tertiary/aromatic N) is 3. The van der Waals surface area contributed by atoms with Crippen molar-refractivity contribution in [2.24, 2.45) is 0 Å². The summed E-state index contributed by atoms with van der Waals surface area (Å²) in [6.07, 6.45) is 2.23. The van der Waals surface area contributed by atoms with E-state index in [0.717, 1.165) is 43.9 Å². The summed E-state index contributed by atoms with van der Waals surface area (Å²) < 4.78 is 2.31. The molecule has 0 bridgehead atoms. The van der Waals surface area contributed by atoms with Crippen molar-refractivity contribution >= 4 is 22.7 Å². The van der Waals surface area contributed by atoms with Crippen molar-refractivity contribution in [3.8, 4) is 0 Å². The Hall–Kier alpha value is -3.27. The zero-order valence-electron chi connectivity index (χ0n) is 16.5. The number of benzene rings is 3. The fourth-order valence-corrected chi connectivity index (χ4v) is 4.22. The van der Waals surface area contributed by atoms with Crippen LogP contribution in [0.1, 0.15) is 18.4 Å². The predicted octanol–water partition coefficient (Wildman–Crippen LogP) is 5.17. The van der Waals surface area contributed by atoms with Crippen molar-refractivity contribution < 1.29 is 0 Å². The summed E-state index contributed by atoms with van der Waals surface area (Å²) in [6.45, 7) is 2.97. The third-order valence-electron chi connectivity index (χ3n) is 5.79. The number of anilines is 2. The number of fused-ring (bicyclic) bond motifs is 1. The largest absolute Gasteiger partial charge is 0.371 e. The molecule has 4 heteroatoms. The molecular weight excluding hydrogens is 356 g/mol. The Balaban J connectivity index is 1.35. The standard InChI is InChI=1S/C25H26N4/c1-3-9-20(10-4-1)19-29-24-14-8-7-13-23(24)27-25(29)26-21-15-17-28(18-16-21)22-11-5-2-6-12-22/h1-14,21H,15-19H2,(H,26,27). The third kappa shape index (κ3) is 3.83. The summed E-state index contributed by atoms with van der Waals surface area (Å²) in [6, 6.07) is 30.2. The molecule has 0 saturated carbocycles. The van der Waals surface area contributed by atoms with E-state index in [1.54, 1.807) is 0 Å². The van der Waals surface area contributed by atoms with Crippen LogP contribution in [0.25, 0.3) is 11.0 Å². The van der Waals surface area contributed by atoms with E-state index in [1.165, 1.54) is 16.8 Å². The number of nitrogens with one attached hydrogen (secondary N) is 1. The molecule has 146 valence electrons. The van der Waals surface area contributed by atoms with Gasteiger partial charge < -0.3 is 14.8 Å². The lowest BCUT2D eigenvalue weighted by molar-refractivity contribution is 0.522. The van der Waals surface area contributed by atoms with Crippen LogP contribution in [-0.4, -0.2) is 28.7 Å². The molecule has 0 unspecified atom stereocenters. The van der Waals surface area contributed by atoms with Crippen LogP contribution in [-0.2, 0) is 6.54 Å². The number of hydrogen-bond acceptors (Lipinski definition) is 3. The van der Waals surface area contributed by atoms with Gasteiger partial charge in [0.05, 0.1) is 17.6 Å². The number of imidazole rings is 1. The Morgan fingerprint density at radius 3 is 2.21 bits per heavy atom. The van der Waals surface area contributed by atoms with E-state index in [0.29, 0.717) is 6.04 Å². The molecule has 0 amide bonds. The van der Waals surface area contributed by atoms with E-state index in [1.807, 2.05) is 0 Å². The SMILES string of the molecule is c1ccc(Cn2c(NC3CCN(c4ccccc4)CC3)nc3ccccc32)cc1. The van der Waals surface area contributed by atoms with Gasteiger partial charge in [0.25, 0.3) is 0 Å². The van der Waals surface area contributed by atoms with Gasteiger partial charge in [-0.15, -0.1) is 0 Å². The summed E-state index contributed by atoms with van der Waals surface area (Å²) in [5, 5.41) is 3.76. The molecule has 1 aromatic heterocycles. The van der Waals surface area contributed by atoms with Crippen LogP contribution in [0.4, 0.5) is 11.6 Å². The number of rotatable bonds is 5.